The Morgan fingerprint density at radius 3 is 2.73 bits per heavy atom. The van der Waals surface area contributed by atoms with Crippen molar-refractivity contribution in [3.05, 3.63) is 30.2 Å². The largest absolute Gasteiger partial charge is 0.355 e. The third-order valence-electron chi connectivity index (χ3n) is 4.86. The number of piperidine rings is 1. The number of hydrogen-bond acceptors (Lipinski definition) is 7. The van der Waals surface area contributed by atoms with Crippen molar-refractivity contribution in [2.45, 2.75) is 25.3 Å². The van der Waals surface area contributed by atoms with Gasteiger partial charge >= 0.3 is 0 Å². The Bertz CT molecular complexity index is 761. The summed E-state index contributed by atoms with van der Waals surface area (Å²) in [5, 5.41) is 5.62. The highest BCUT2D eigenvalue weighted by atomic mass is 32.1. The Morgan fingerprint density at radius 2 is 2.04 bits per heavy atom. The lowest BCUT2D eigenvalue weighted by atomic mass is 10.0. The Morgan fingerprint density at radius 1 is 1.19 bits per heavy atom. The Labute approximate surface area is 155 Å². The summed E-state index contributed by atoms with van der Waals surface area (Å²) in [6.07, 6.45) is 8.76. The van der Waals surface area contributed by atoms with Gasteiger partial charge in [-0.2, -0.15) is 0 Å². The maximum absolute atomic E-state index is 12.6. The molecule has 8 nitrogen and oxygen atoms in total. The SMILES string of the molecule is O=C(NC1CCN(c2cnccn2)CC1)C1CC(=O)N(c2nccs2)C1. The van der Waals surface area contributed by atoms with Crippen LogP contribution in [0.15, 0.2) is 30.2 Å². The molecule has 0 aliphatic carbocycles. The number of carbonyl (C=O) groups excluding carboxylic acids is 2. The molecule has 2 amide bonds. The molecule has 0 aromatic carbocycles. The molecule has 2 saturated heterocycles. The number of hydrogen-bond donors (Lipinski definition) is 1. The lowest BCUT2D eigenvalue weighted by molar-refractivity contribution is -0.127. The number of amides is 2. The molecule has 0 bridgehead atoms. The van der Waals surface area contributed by atoms with E-state index in [1.165, 1.54) is 11.3 Å². The molecule has 1 atom stereocenters. The third-order valence-corrected chi connectivity index (χ3v) is 5.66. The van der Waals surface area contributed by atoms with Gasteiger partial charge in [0.15, 0.2) is 5.13 Å². The summed E-state index contributed by atoms with van der Waals surface area (Å²) >= 11 is 1.42. The van der Waals surface area contributed by atoms with Crippen LogP contribution >= 0.6 is 11.3 Å². The normalized spacial score (nSPS) is 21.2. The molecule has 4 heterocycles. The van der Waals surface area contributed by atoms with Crippen LogP contribution in [0.1, 0.15) is 19.3 Å². The highest BCUT2D eigenvalue weighted by Gasteiger charge is 2.37. The minimum absolute atomic E-state index is 0.0300. The summed E-state index contributed by atoms with van der Waals surface area (Å²) < 4.78 is 0. The second-order valence-electron chi connectivity index (χ2n) is 6.55. The maximum Gasteiger partial charge on any atom is 0.229 e. The molecule has 1 unspecified atom stereocenters. The predicted molar refractivity (Wildman–Crippen MR) is 98.0 cm³/mol. The van der Waals surface area contributed by atoms with E-state index < -0.39 is 0 Å². The lowest BCUT2D eigenvalue weighted by Crippen LogP contribution is -2.47. The molecule has 4 rings (SSSR count). The Balaban J connectivity index is 1.29. The molecule has 0 spiro atoms. The molecule has 26 heavy (non-hydrogen) atoms. The van der Waals surface area contributed by atoms with Gasteiger partial charge in [0.05, 0.1) is 12.1 Å². The van der Waals surface area contributed by atoms with Crippen LogP contribution in [-0.4, -0.2) is 52.4 Å². The predicted octanol–water partition coefficient (Wildman–Crippen LogP) is 1.07. The van der Waals surface area contributed by atoms with E-state index in [-0.39, 0.29) is 30.2 Å². The maximum atomic E-state index is 12.6. The summed E-state index contributed by atoms with van der Waals surface area (Å²) in [5.41, 5.74) is 0. The van der Waals surface area contributed by atoms with Gasteiger partial charge in [0.25, 0.3) is 0 Å². The van der Waals surface area contributed by atoms with Crippen molar-refractivity contribution in [2.24, 2.45) is 5.92 Å². The highest BCUT2D eigenvalue weighted by molar-refractivity contribution is 7.13. The smallest absolute Gasteiger partial charge is 0.229 e. The highest BCUT2D eigenvalue weighted by Crippen LogP contribution is 2.27. The van der Waals surface area contributed by atoms with Crippen LogP contribution in [-0.2, 0) is 9.59 Å². The van der Waals surface area contributed by atoms with E-state index in [0.717, 1.165) is 31.7 Å². The summed E-state index contributed by atoms with van der Waals surface area (Å²) in [7, 11) is 0. The molecule has 2 aliphatic heterocycles. The van der Waals surface area contributed by atoms with Crippen molar-refractivity contribution in [2.75, 3.05) is 29.4 Å². The third kappa shape index (κ3) is 3.52. The Kier molecular flexibility index (Phi) is 4.79. The molecule has 0 radical (unpaired) electrons. The van der Waals surface area contributed by atoms with Gasteiger partial charge in [0.2, 0.25) is 11.8 Å². The molecule has 0 saturated carbocycles. The van der Waals surface area contributed by atoms with Crippen LogP contribution in [0.3, 0.4) is 0 Å². The van der Waals surface area contributed by atoms with Crippen LogP contribution in [0.5, 0.6) is 0 Å². The zero-order valence-corrected chi connectivity index (χ0v) is 15.1. The quantitative estimate of drug-likeness (QED) is 0.863. The fourth-order valence-corrected chi connectivity index (χ4v) is 4.11. The topological polar surface area (TPSA) is 91.3 Å². The van der Waals surface area contributed by atoms with Crippen LogP contribution in [0, 0.1) is 5.92 Å². The van der Waals surface area contributed by atoms with Crippen LogP contribution < -0.4 is 15.1 Å². The van der Waals surface area contributed by atoms with Crippen molar-refractivity contribution in [3.8, 4) is 0 Å². The number of thiazole rings is 1. The molecular formula is C17H20N6O2S. The minimum Gasteiger partial charge on any atom is -0.355 e. The van der Waals surface area contributed by atoms with Crippen molar-refractivity contribution >= 4 is 34.1 Å². The first-order valence-corrected chi connectivity index (χ1v) is 9.60. The van der Waals surface area contributed by atoms with Crippen molar-refractivity contribution < 1.29 is 9.59 Å². The molecule has 2 aliphatic rings. The van der Waals surface area contributed by atoms with E-state index in [4.69, 9.17) is 0 Å². The average Bonchev–Trinajstić information content (AvgIpc) is 3.32. The van der Waals surface area contributed by atoms with Crippen LogP contribution in [0.4, 0.5) is 10.9 Å². The zero-order valence-electron chi connectivity index (χ0n) is 14.2. The standard InChI is InChI=1S/C17H20N6O2S/c24-15-9-12(11-23(15)17-20-5-8-26-17)16(25)21-13-1-6-22(7-2-13)14-10-18-3-4-19-14/h3-5,8,10,12-13H,1-2,6-7,9,11H2,(H,21,25). The molecule has 9 heteroatoms. The summed E-state index contributed by atoms with van der Waals surface area (Å²) in [5.74, 6) is 0.509. The van der Waals surface area contributed by atoms with Gasteiger partial charge in [-0.3, -0.25) is 19.5 Å². The van der Waals surface area contributed by atoms with Gasteiger partial charge in [-0.25, -0.2) is 9.97 Å². The first-order chi connectivity index (χ1) is 12.7. The summed E-state index contributed by atoms with van der Waals surface area (Å²) in [6, 6.07) is 0.138. The van der Waals surface area contributed by atoms with E-state index in [1.807, 2.05) is 5.38 Å². The average molecular weight is 372 g/mol. The van der Waals surface area contributed by atoms with Crippen LogP contribution in [0.2, 0.25) is 0 Å². The number of carbonyl (C=O) groups is 2. The molecular weight excluding hydrogens is 352 g/mol. The number of anilines is 2. The van der Waals surface area contributed by atoms with Gasteiger partial charge in [0.1, 0.15) is 5.82 Å². The van der Waals surface area contributed by atoms with Gasteiger partial charge in [-0.15, -0.1) is 11.3 Å². The van der Waals surface area contributed by atoms with Gasteiger partial charge in [-0.05, 0) is 12.8 Å². The van der Waals surface area contributed by atoms with E-state index in [2.05, 4.69) is 25.2 Å². The van der Waals surface area contributed by atoms with Crippen molar-refractivity contribution in [1.29, 1.82) is 0 Å². The molecule has 2 aromatic rings. The molecule has 2 fully saturated rings. The fraction of sp³-hybridized carbons (Fsp3) is 0.471. The van der Waals surface area contributed by atoms with E-state index in [9.17, 15) is 9.59 Å². The number of aromatic nitrogens is 3. The van der Waals surface area contributed by atoms with Gasteiger partial charge in [0, 0.05) is 56.1 Å². The van der Waals surface area contributed by atoms with Gasteiger partial charge in [-0.1, -0.05) is 0 Å². The number of nitrogens with one attached hydrogen (secondary N) is 1. The first kappa shape index (κ1) is 16.9. The monoisotopic (exact) mass is 372 g/mol. The summed E-state index contributed by atoms with van der Waals surface area (Å²) in [4.78, 5) is 41.1. The lowest BCUT2D eigenvalue weighted by Gasteiger charge is -2.33. The molecule has 2 aromatic heterocycles. The van der Waals surface area contributed by atoms with Gasteiger partial charge < -0.3 is 10.2 Å². The Hall–Kier alpha value is -2.55. The molecule has 1 N–H and O–H groups in total. The zero-order chi connectivity index (χ0) is 17.9. The second-order valence-corrected chi connectivity index (χ2v) is 7.43. The minimum atomic E-state index is -0.301. The van der Waals surface area contributed by atoms with Crippen molar-refractivity contribution in [1.82, 2.24) is 20.3 Å². The number of nitrogens with zero attached hydrogens (tertiary/aromatic N) is 5. The second kappa shape index (κ2) is 7.36. The van der Waals surface area contributed by atoms with E-state index in [0.29, 0.717) is 11.7 Å². The fourth-order valence-electron chi connectivity index (χ4n) is 3.44. The number of rotatable bonds is 4. The van der Waals surface area contributed by atoms with E-state index >= 15 is 0 Å². The van der Waals surface area contributed by atoms with E-state index in [1.54, 1.807) is 29.7 Å². The first-order valence-electron chi connectivity index (χ1n) is 8.72. The molecule has 136 valence electrons. The summed E-state index contributed by atoms with van der Waals surface area (Å²) in [6.45, 7) is 2.08. The van der Waals surface area contributed by atoms with Crippen LogP contribution in [0.25, 0.3) is 0 Å². The van der Waals surface area contributed by atoms with Crippen molar-refractivity contribution in [3.63, 3.8) is 0 Å².